The Hall–Kier alpha value is -4.02. The number of ether oxygens (including phenoxy) is 3. The van der Waals surface area contributed by atoms with E-state index in [2.05, 4.69) is 31.2 Å². The molecule has 35 heavy (non-hydrogen) atoms. The van der Waals surface area contributed by atoms with Crippen molar-refractivity contribution in [2.75, 3.05) is 7.11 Å². The maximum Gasteiger partial charge on any atom is 0.336 e. The molecule has 4 rings (SSSR count). The third kappa shape index (κ3) is 6.75. The minimum Gasteiger partial charge on any atom is -0.493 e. The van der Waals surface area contributed by atoms with Crippen molar-refractivity contribution in [2.45, 2.75) is 13.5 Å². The lowest BCUT2D eigenvalue weighted by Gasteiger charge is -2.11. The van der Waals surface area contributed by atoms with Crippen molar-refractivity contribution >= 4 is 23.6 Å². The summed E-state index contributed by atoms with van der Waals surface area (Å²) in [7, 11) is 1.58. The van der Waals surface area contributed by atoms with Gasteiger partial charge in [0.2, 0.25) is 0 Å². The number of hydrogen-bond donors (Lipinski definition) is 0. The lowest BCUT2D eigenvalue weighted by molar-refractivity contribution is -0.128. The number of esters is 1. The highest BCUT2D eigenvalue weighted by molar-refractivity contribution is 6.30. The molecule has 0 N–H and O–H groups in total. The van der Waals surface area contributed by atoms with Gasteiger partial charge in [-0.05, 0) is 71.7 Å². The maximum absolute atomic E-state index is 12.3. The molecule has 0 unspecified atom stereocenters. The summed E-state index contributed by atoms with van der Waals surface area (Å²) in [5.74, 6) is 1.20. The SMILES string of the molecule is COc1cc(/C=C/C(=O)Oc2ccc(-c3ccc(C)cc3)cc2)ccc1OCc1ccc(Cl)cc1. The number of hydrogen-bond acceptors (Lipinski definition) is 4. The number of methoxy groups -OCH3 is 1. The first-order valence-corrected chi connectivity index (χ1v) is 11.5. The van der Waals surface area contributed by atoms with Crippen molar-refractivity contribution in [1.29, 1.82) is 0 Å². The summed E-state index contributed by atoms with van der Waals surface area (Å²) >= 11 is 5.92. The maximum atomic E-state index is 12.3. The van der Waals surface area contributed by atoms with Gasteiger partial charge >= 0.3 is 5.97 Å². The van der Waals surface area contributed by atoms with Crippen LogP contribution in [0.5, 0.6) is 17.2 Å². The summed E-state index contributed by atoms with van der Waals surface area (Å²) < 4.78 is 16.8. The van der Waals surface area contributed by atoms with Crippen molar-refractivity contribution < 1.29 is 19.0 Å². The molecule has 4 aromatic rings. The number of aryl methyl sites for hydroxylation is 1. The standard InChI is InChI=1S/C30H25ClO4/c1-21-3-9-24(10-4-21)25-11-15-27(16-12-25)35-30(32)18-8-22-7-17-28(29(19-22)33-2)34-20-23-5-13-26(31)14-6-23/h3-19H,20H2,1-2H3/b18-8+. The van der Waals surface area contributed by atoms with E-state index in [0.29, 0.717) is 28.9 Å². The van der Waals surface area contributed by atoms with E-state index in [1.165, 1.54) is 11.6 Å². The van der Waals surface area contributed by atoms with Crippen LogP contribution in [0.2, 0.25) is 5.02 Å². The largest absolute Gasteiger partial charge is 0.493 e. The number of benzene rings is 4. The van der Waals surface area contributed by atoms with Gasteiger partial charge in [-0.15, -0.1) is 0 Å². The predicted octanol–water partition coefficient (Wildman–Crippen LogP) is 7.52. The second-order valence-corrected chi connectivity index (χ2v) is 8.41. The summed E-state index contributed by atoms with van der Waals surface area (Å²) in [5, 5.41) is 0.681. The van der Waals surface area contributed by atoms with Crippen LogP contribution in [0.3, 0.4) is 0 Å². The minimum atomic E-state index is -0.463. The van der Waals surface area contributed by atoms with Gasteiger partial charge in [-0.3, -0.25) is 0 Å². The van der Waals surface area contributed by atoms with Crippen molar-refractivity contribution in [3.8, 4) is 28.4 Å². The molecule has 0 saturated carbocycles. The van der Waals surface area contributed by atoms with Crippen molar-refractivity contribution in [2.24, 2.45) is 0 Å². The van der Waals surface area contributed by atoms with Crippen LogP contribution in [-0.2, 0) is 11.4 Å². The van der Waals surface area contributed by atoms with E-state index < -0.39 is 5.97 Å². The third-order valence-electron chi connectivity index (χ3n) is 5.36. The number of halogens is 1. The quantitative estimate of drug-likeness (QED) is 0.147. The molecule has 0 fully saturated rings. The zero-order chi connectivity index (χ0) is 24.6. The van der Waals surface area contributed by atoms with Gasteiger partial charge in [0.05, 0.1) is 7.11 Å². The van der Waals surface area contributed by atoms with E-state index in [9.17, 15) is 4.79 Å². The van der Waals surface area contributed by atoms with Crippen LogP contribution < -0.4 is 14.2 Å². The number of carbonyl (C=O) groups is 1. The van der Waals surface area contributed by atoms with Crippen LogP contribution in [0.15, 0.2) is 97.1 Å². The Kier molecular flexibility index (Phi) is 7.86. The molecule has 0 aliphatic carbocycles. The highest BCUT2D eigenvalue weighted by Crippen LogP contribution is 2.29. The Morgan fingerprint density at radius 1 is 0.829 bits per heavy atom. The molecule has 0 heterocycles. The van der Waals surface area contributed by atoms with Gasteiger partial charge in [0.1, 0.15) is 12.4 Å². The van der Waals surface area contributed by atoms with Gasteiger partial charge in [0.15, 0.2) is 11.5 Å². The summed E-state index contributed by atoms with van der Waals surface area (Å²) in [6, 6.07) is 28.7. The van der Waals surface area contributed by atoms with Gasteiger partial charge in [0, 0.05) is 11.1 Å². The molecule has 0 aliphatic heterocycles. The molecular formula is C30H25ClO4. The van der Waals surface area contributed by atoms with Gasteiger partial charge in [-0.25, -0.2) is 4.79 Å². The van der Waals surface area contributed by atoms with Crippen LogP contribution in [0.4, 0.5) is 0 Å². The lowest BCUT2D eigenvalue weighted by atomic mass is 10.0. The topological polar surface area (TPSA) is 44.8 Å². The zero-order valence-corrected chi connectivity index (χ0v) is 20.3. The second-order valence-electron chi connectivity index (χ2n) is 7.97. The molecule has 0 spiro atoms. The van der Waals surface area contributed by atoms with Gasteiger partial charge in [0.25, 0.3) is 0 Å². The molecule has 5 heteroatoms. The third-order valence-corrected chi connectivity index (χ3v) is 5.62. The van der Waals surface area contributed by atoms with Crippen molar-refractivity contribution in [1.82, 2.24) is 0 Å². The van der Waals surface area contributed by atoms with Crippen molar-refractivity contribution in [3.63, 3.8) is 0 Å². The lowest BCUT2D eigenvalue weighted by Crippen LogP contribution is -2.03. The highest BCUT2D eigenvalue weighted by Gasteiger charge is 2.07. The minimum absolute atomic E-state index is 0.387. The predicted molar refractivity (Wildman–Crippen MR) is 140 cm³/mol. The van der Waals surface area contributed by atoms with E-state index in [4.69, 9.17) is 25.8 Å². The molecule has 0 aliphatic rings. The average Bonchev–Trinajstić information content (AvgIpc) is 2.88. The molecule has 0 amide bonds. The van der Waals surface area contributed by atoms with E-state index in [1.807, 2.05) is 48.5 Å². The summed E-state index contributed by atoms with van der Waals surface area (Å²) in [6.07, 6.45) is 3.06. The highest BCUT2D eigenvalue weighted by atomic mass is 35.5. The Morgan fingerprint density at radius 3 is 2.14 bits per heavy atom. The molecule has 0 atom stereocenters. The molecule has 4 aromatic carbocycles. The smallest absolute Gasteiger partial charge is 0.336 e. The molecule has 0 aromatic heterocycles. The van der Waals surface area contributed by atoms with Gasteiger partial charge in [-0.2, -0.15) is 0 Å². The Bertz CT molecular complexity index is 1310. The normalized spacial score (nSPS) is 10.8. The van der Waals surface area contributed by atoms with Crippen LogP contribution in [0.25, 0.3) is 17.2 Å². The Labute approximate surface area is 210 Å². The van der Waals surface area contributed by atoms with Crippen LogP contribution in [0.1, 0.15) is 16.7 Å². The van der Waals surface area contributed by atoms with Gasteiger partial charge in [-0.1, -0.05) is 71.8 Å². The first-order valence-electron chi connectivity index (χ1n) is 11.1. The average molecular weight is 485 g/mol. The molecule has 0 bridgehead atoms. The fraction of sp³-hybridized carbons (Fsp3) is 0.100. The first-order chi connectivity index (χ1) is 17.0. The number of rotatable bonds is 8. The number of carbonyl (C=O) groups excluding carboxylic acids is 1. The first kappa shape index (κ1) is 24.1. The molecule has 0 radical (unpaired) electrons. The Balaban J connectivity index is 1.35. The Morgan fingerprint density at radius 2 is 1.49 bits per heavy atom. The van der Waals surface area contributed by atoms with E-state index in [-0.39, 0.29) is 0 Å². The fourth-order valence-corrected chi connectivity index (χ4v) is 3.55. The summed E-state index contributed by atoms with van der Waals surface area (Å²) in [5.41, 5.74) is 5.17. The molecule has 4 nitrogen and oxygen atoms in total. The van der Waals surface area contributed by atoms with Gasteiger partial charge < -0.3 is 14.2 Å². The molecule has 176 valence electrons. The van der Waals surface area contributed by atoms with E-state index in [0.717, 1.165) is 22.3 Å². The second kappa shape index (κ2) is 11.4. The zero-order valence-electron chi connectivity index (χ0n) is 19.5. The fourth-order valence-electron chi connectivity index (χ4n) is 3.42. The molecule has 0 saturated heterocycles. The van der Waals surface area contributed by atoms with Crippen LogP contribution in [-0.4, -0.2) is 13.1 Å². The molecular weight excluding hydrogens is 460 g/mol. The van der Waals surface area contributed by atoms with E-state index in [1.54, 1.807) is 31.4 Å². The van der Waals surface area contributed by atoms with Crippen molar-refractivity contribution in [3.05, 3.63) is 119 Å². The monoisotopic (exact) mass is 484 g/mol. The van der Waals surface area contributed by atoms with Crippen LogP contribution >= 0.6 is 11.6 Å². The van der Waals surface area contributed by atoms with E-state index >= 15 is 0 Å². The summed E-state index contributed by atoms with van der Waals surface area (Å²) in [4.78, 5) is 12.3. The van der Waals surface area contributed by atoms with Crippen LogP contribution in [0, 0.1) is 6.92 Å². The summed E-state index contributed by atoms with van der Waals surface area (Å²) in [6.45, 7) is 2.44.